The number of rotatable bonds is 7. The van der Waals surface area contributed by atoms with Gasteiger partial charge in [0.25, 0.3) is 5.56 Å². The number of para-hydroxylation sites is 1. The summed E-state index contributed by atoms with van der Waals surface area (Å²) in [7, 11) is 3.13. The van der Waals surface area contributed by atoms with Gasteiger partial charge in [0.2, 0.25) is 5.89 Å². The van der Waals surface area contributed by atoms with Crippen LogP contribution in [-0.4, -0.2) is 28.8 Å². The van der Waals surface area contributed by atoms with Gasteiger partial charge in [-0.25, -0.2) is 9.97 Å². The second-order valence-corrected chi connectivity index (χ2v) is 8.31. The molecule has 0 aliphatic heterocycles. The number of methoxy groups -OCH3 is 2. The second kappa shape index (κ2) is 9.44. The summed E-state index contributed by atoms with van der Waals surface area (Å²) in [6, 6.07) is 22.4. The molecule has 7 nitrogen and oxygen atoms in total. The average Bonchev–Trinajstić information content (AvgIpc) is 3.37. The Bertz CT molecular complexity index is 1510. The van der Waals surface area contributed by atoms with E-state index in [1.807, 2.05) is 54.6 Å². The molecule has 0 amide bonds. The van der Waals surface area contributed by atoms with E-state index >= 15 is 0 Å². The zero-order valence-corrected chi connectivity index (χ0v) is 19.4. The zero-order chi connectivity index (χ0) is 23.5. The van der Waals surface area contributed by atoms with Crippen molar-refractivity contribution >= 4 is 22.7 Å². The van der Waals surface area contributed by atoms with Crippen LogP contribution >= 0.6 is 11.8 Å². The van der Waals surface area contributed by atoms with E-state index in [0.29, 0.717) is 50.6 Å². The van der Waals surface area contributed by atoms with Gasteiger partial charge in [-0.2, -0.15) is 0 Å². The molecule has 0 unspecified atom stereocenters. The summed E-state index contributed by atoms with van der Waals surface area (Å²) in [6.45, 7) is 0. The van der Waals surface area contributed by atoms with Crippen LogP contribution in [0.2, 0.25) is 0 Å². The summed E-state index contributed by atoms with van der Waals surface area (Å²) in [5.41, 5.74) is 2.04. The van der Waals surface area contributed by atoms with E-state index in [0.717, 1.165) is 5.56 Å². The lowest BCUT2D eigenvalue weighted by molar-refractivity contribution is 0.354. The first-order valence-corrected chi connectivity index (χ1v) is 11.5. The molecule has 5 rings (SSSR count). The number of fused-ring (bicyclic) bond motifs is 1. The molecule has 0 aliphatic carbocycles. The van der Waals surface area contributed by atoms with Crippen molar-refractivity contribution in [2.24, 2.45) is 0 Å². The fraction of sp³-hybridized carbons (Fsp3) is 0.115. The van der Waals surface area contributed by atoms with Crippen molar-refractivity contribution in [1.82, 2.24) is 14.5 Å². The minimum Gasteiger partial charge on any atom is -0.493 e. The van der Waals surface area contributed by atoms with Crippen molar-refractivity contribution in [1.29, 1.82) is 0 Å². The molecule has 34 heavy (non-hydrogen) atoms. The van der Waals surface area contributed by atoms with Crippen molar-refractivity contribution in [3.63, 3.8) is 0 Å². The Morgan fingerprint density at radius 2 is 1.71 bits per heavy atom. The van der Waals surface area contributed by atoms with E-state index in [1.54, 1.807) is 43.2 Å². The normalized spacial score (nSPS) is 11.0. The first kappa shape index (κ1) is 21.8. The van der Waals surface area contributed by atoms with E-state index in [2.05, 4.69) is 4.98 Å². The van der Waals surface area contributed by atoms with Gasteiger partial charge < -0.3 is 13.9 Å². The van der Waals surface area contributed by atoms with Crippen LogP contribution < -0.4 is 15.0 Å². The van der Waals surface area contributed by atoms with Gasteiger partial charge >= 0.3 is 0 Å². The maximum absolute atomic E-state index is 13.5. The number of hydrogen-bond donors (Lipinski definition) is 0. The van der Waals surface area contributed by atoms with Crippen molar-refractivity contribution in [2.45, 2.75) is 10.9 Å². The molecule has 170 valence electrons. The molecule has 5 aromatic rings. The molecular weight excluding hydrogens is 450 g/mol. The SMILES string of the molecule is COc1ccc(-n2c(SCc3ncc(-c4ccccc4)o3)nc3ccccc3c2=O)cc1OC. The maximum atomic E-state index is 13.5. The van der Waals surface area contributed by atoms with Crippen LogP contribution in [0.15, 0.2) is 93.4 Å². The second-order valence-electron chi connectivity index (χ2n) is 7.36. The smallest absolute Gasteiger partial charge is 0.266 e. The van der Waals surface area contributed by atoms with Crippen molar-refractivity contribution in [2.75, 3.05) is 14.2 Å². The zero-order valence-electron chi connectivity index (χ0n) is 18.6. The van der Waals surface area contributed by atoms with E-state index < -0.39 is 0 Å². The van der Waals surface area contributed by atoms with Crippen LogP contribution in [0.5, 0.6) is 11.5 Å². The van der Waals surface area contributed by atoms with Crippen LogP contribution in [-0.2, 0) is 5.75 Å². The molecule has 0 aliphatic rings. The molecule has 2 heterocycles. The van der Waals surface area contributed by atoms with Gasteiger partial charge in [-0.05, 0) is 24.3 Å². The molecule has 3 aromatic carbocycles. The average molecular weight is 472 g/mol. The predicted molar refractivity (Wildman–Crippen MR) is 132 cm³/mol. The van der Waals surface area contributed by atoms with Gasteiger partial charge in [0.15, 0.2) is 22.4 Å². The number of nitrogens with zero attached hydrogens (tertiary/aromatic N) is 3. The fourth-order valence-electron chi connectivity index (χ4n) is 3.64. The topological polar surface area (TPSA) is 79.4 Å². The van der Waals surface area contributed by atoms with Gasteiger partial charge in [-0.15, -0.1) is 0 Å². The summed E-state index contributed by atoms with van der Waals surface area (Å²) in [4.78, 5) is 22.7. The standard InChI is InChI=1S/C26H21N3O4S/c1-31-21-13-12-18(14-22(21)32-2)29-25(30)19-10-6-7-11-20(19)28-26(29)34-16-24-27-15-23(33-24)17-8-4-3-5-9-17/h3-15H,16H2,1-2H3. The molecule has 0 saturated carbocycles. The molecule has 2 aromatic heterocycles. The molecule has 0 atom stereocenters. The highest BCUT2D eigenvalue weighted by molar-refractivity contribution is 7.98. The quantitative estimate of drug-likeness (QED) is 0.234. The highest BCUT2D eigenvalue weighted by Gasteiger charge is 2.17. The first-order chi connectivity index (χ1) is 16.7. The maximum Gasteiger partial charge on any atom is 0.266 e. The molecule has 0 N–H and O–H groups in total. The van der Waals surface area contributed by atoms with Crippen LogP contribution in [0.1, 0.15) is 5.89 Å². The number of benzene rings is 3. The Hall–Kier alpha value is -4.04. The third-order valence-electron chi connectivity index (χ3n) is 5.31. The highest BCUT2D eigenvalue weighted by Crippen LogP contribution is 2.31. The van der Waals surface area contributed by atoms with Gasteiger partial charge in [0, 0.05) is 11.6 Å². The monoisotopic (exact) mass is 471 g/mol. The number of ether oxygens (including phenoxy) is 2. The summed E-state index contributed by atoms with van der Waals surface area (Å²) in [5.74, 6) is 2.75. The number of hydrogen-bond acceptors (Lipinski definition) is 7. The molecule has 0 bridgehead atoms. The third kappa shape index (κ3) is 4.15. The first-order valence-electron chi connectivity index (χ1n) is 10.5. The van der Waals surface area contributed by atoms with E-state index in [4.69, 9.17) is 18.9 Å². The van der Waals surface area contributed by atoms with Crippen molar-refractivity contribution in [3.05, 3.63) is 95.2 Å². The Morgan fingerprint density at radius 3 is 2.50 bits per heavy atom. The van der Waals surface area contributed by atoms with E-state index in [9.17, 15) is 4.79 Å². The molecule has 8 heteroatoms. The van der Waals surface area contributed by atoms with Crippen LogP contribution in [0.25, 0.3) is 27.9 Å². The van der Waals surface area contributed by atoms with Crippen LogP contribution in [0.3, 0.4) is 0 Å². The van der Waals surface area contributed by atoms with Crippen molar-refractivity contribution < 1.29 is 13.9 Å². The van der Waals surface area contributed by atoms with Crippen LogP contribution in [0.4, 0.5) is 0 Å². The highest BCUT2D eigenvalue weighted by atomic mass is 32.2. The largest absolute Gasteiger partial charge is 0.493 e. The number of aromatic nitrogens is 3. The number of oxazole rings is 1. The molecule has 0 radical (unpaired) electrons. The predicted octanol–water partition coefficient (Wildman–Crippen LogP) is 5.35. The lowest BCUT2D eigenvalue weighted by Crippen LogP contribution is -2.21. The fourth-order valence-corrected chi connectivity index (χ4v) is 4.51. The minimum atomic E-state index is -0.169. The van der Waals surface area contributed by atoms with Crippen molar-refractivity contribution in [3.8, 4) is 28.5 Å². The Morgan fingerprint density at radius 1 is 0.941 bits per heavy atom. The number of thioether (sulfide) groups is 1. The van der Waals surface area contributed by atoms with Gasteiger partial charge in [0.1, 0.15) is 0 Å². The Balaban J connectivity index is 1.54. The van der Waals surface area contributed by atoms with Gasteiger partial charge in [-0.1, -0.05) is 54.2 Å². The summed E-state index contributed by atoms with van der Waals surface area (Å²) in [6.07, 6.45) is 1.71. The minimum absolute atomic E-state index is 0.169. The third-order valence-corrected chi connectivity index (χ3v) is 6.23. The summed E-state index contributed by atoms with van der Waals surface area (Å²) < 4.78 is 18.3. The molecular formula is C26H21N3O4S. The Labute approximate surface area is 200 Å². The molecule has 0 saturated heterocycles. The van der Waals surface area contributed by atoms with Gasteiger partial charge in [0.05, 0.1) is 42.8 Å². The summed E-state index contributed by atoms with van der Waals surface area (Å²) in [5, 5.41) is 1.06. The van der Waals surface area contributed by atoms with E-state index in [-0.39, 0.29) is 5.56 Å². The van der Waals surface area contributed by atoms with Crippen LogP contribution in [0, 0.1) is 0 Å². The lowest BCUT2D eigenvalue weighted by Gasteiger charge is -2.15. The Kier molecular flexibility index (Phi) is 6.05. The van der Waals surface area contributed by atoms with Gasteiger partial charge in [-0.3, -0.25) is 9.36 Å². The summed E-state index contributed by atoms with van der Waals surface area (Å²) >= 11 is 1.38. The van der Waals surface area contributed by atoms with E-state index in [1.165, 1.54) is 11.8 Å². The molecule has 0 fully saturated rings. The molecule has 0 spiro atoms. The lowest BCUT2D eigenvalue weighted by atomic mass is 10.2.